The maximum atomic E-state index is 12.6. The first-order chi connectivity index (χ1) is 7.66. The Hall–Kier alpha value is -2.24. The number of imidazole rings is 1. The molecule has 0 saturated carbocycles. The van der Waals surface area contributed by atoms with E-state index in [0.29, 0.717) is 6.54 Å². The normalized spacial score (nSPS) is 10.3. The average molecular weight is 221 g/mol. The highest BCUT2D eigenvalue weighted by molar-refractivity contribution is 5.19. The van der Waals surface area contributed by atoms with Crippen molar-refractivity contribution in [2.24, 2.45) is 0 Å². The van der Waals surface area contributed by atoms with Crippen LogP contribution in [0, 0.1) is 15.9 Å². The molecule has 0 amide bonds. The predicted octanol–water partition coefficient (Wildman–Crippen LogP) is 1.98. The molecule has 0 fully saturated rings. The van der Waals surface area contributed by atoms with Gasteiger partial charge in [-0.1, -0.05) is 17.1 Å². The van der Waals surface area contributed by atoms with Crippen molar-refractivity contribution in [3.05, 3.63) is 58.2 Å². The van der Waals surface area contributed by atoms with Crippen molar-refractivity contribution in [1.29, 1.82) is 0 Å². The summed E-state index contributed by atoms with van der Waals surface area (Å²) in [5, 5.41) is 10.6. The molecular formula is C10H8FN3O2. The second kappa shape index (κ2) is 4.09. The molecule has 6 heteroatoms. The first-order valence-electron chi connectivity index (χ1n) is 4.57. The van der Waals surface area contributed by atoms with E-state index in [1.54, 1.807) is 12.1 Å². The Morgan fingerprint density at radius 2 is 2.06 bits per heavy atom. The van der Waals surface area contributed by atoms with Gasteiger partial charge in [-0.25, -0.2) is 8.96 Å². The van der Waals surface area contributed by atoms with Gasteiger partial charge < -0.3 is 10.1 Å². The maximum Gasteiger partial charge on any atom is 0.434 e. The predicted molar refractivity (Wildman–Crippen MR) is 54.4 cm³/mol. The first-order valence-corrected chi connectivity index (χ1v) is 4.57. The number of hydrogen-bond acceptors (Lipinski definition) is 3. The van der Waals surface area contributed by atoms with Crippen LogP contribution in [0.15, 0.2) is 36.7 Å². The molecule has 0 saturated heterocycles. The van der Waals surface area contributed by atoms with E-state index in [0.717, 1.165) is 5.56 Å². The minimum absolute atomic E-state index is 0.218. The second-order valence-corrected chi connectivity index (χ2v) is 3.24. The van der Waals surface area contributed by atoms with E-state index in [9.17, 15) is 14.5 Å². The minimum Gasteiger partial charge on any atom is -0.390 e. The zero-order chi connectivity index (χ0) is 11.5. The lowest BCUT2D eigenvalue weighted by atomic mass is 10.2. The Balaban J connectivity index is 2.23. The minimum atomic E-state index is -0.552. The molecule has 0 radical (unpaired) electrons. The zero-order valence-electron chi connectivity index (χ0n) is 8.21. The molecule has 0 unspecified atom stereocenters. The highest BCUT2D eigenvalue weighted by Gasteiger charge is 2.13. The fourth-order valence-corrected chi connectivity index (χ4v) is 1.38. The lowest BCUT2D eigenvalue weighted by Crippen LogP contribution is -2.03. The standard InChI is InChI=1S/C10H8FN3O2/c11-9-3-1-8(2-4-9)7-13-6-5-12-10(13)14(15)16/h1-6H,7H2. The monoisotopic (exact) mass is 221 g/mol. The van der Waals surface area contributed by atoms with Gasteiger partial charge in [-0.15, -0.1) is 0 Å². The number of aromatic nitrogens is 2. The van der Waals surface area contributed by atoms with Gasteiger partial charge in [0.25, 0.3) is 0 Å². The summed E-state index contributed by atoms with van der Waals surface area (Å²) < 4.78 is 14.0. The highest BCUT2D eigenvalue weighted by atomic mass is 19.1. The number of benzene rings is 1. The van der Waals surface area contributed by atoms with Crippen LogP contribution in [0.5, 0.6) is 0 Å². The van der Waals surface area contributed by atoms with Crippen molar-refractivity contribution >= 4 is 5.95 Å². The number of halogens is 1. The van der Waals surface area contributed by atoms with E-state index in [2.05, 4.69) is 4.98 Å². The van der Waals surface area contributed by atoms with Crippen LogP contribution in [0.25, 0.3) is 0 Å². The fraction of sp³-hybridized carbons (Fsp3) is 0.100. The van der Waals surface area contributed by atoms with Crippen LogP contribution in [-0.2, 0) is 6.54 Å². The van der Waals surface area contributed by atoms with E-state index >= 15 is 0 Å². The third-order valence-electron chi connectivity index (χ3n) is 2.12. The molecule has 1 aromatic carbocycles. The van der Waals surface area contributed by atoms with Crippen LogP contribution >= 0.6 is 0 Å². The van der Waals surface area contributed by atoms with Crippen molar-refractivity contribution in [2.75, 3.05) is 0 Å². The van der Waals surface area contributed by atoms with E-state index in [1.165, 1.54) is 29.1 Å². The summed E-state index contributed by atoms with van der Waals surface area (Å²) in [5.74, 6) is -0.548. The Morgan fingerprint density at radius 1 is 1.38 bits per heavy atom. The number of nitrogens with zero attached hydrogens (tertiary/aromatic N) is 3. The summed E-state index contributed by atoms with van der Waals surface area (Å²) in [6.07, 6.45) is 2.88. The summed E-state index contributed by atoms with van der Waals surface area (Å²) >= 11 is 0. The number of rotatable bonds is 3. The van der Waals surface area contributed by atoms with Gasteiger partial charge in [-0.3, -0.25) is 0 Å². The van der Waals surface area contributed by atoms with Gasteiger partial charge in [-0.05, 0) is 22.6 Å². The van der Waals surface area contributed by atoms with Crippen LogP contribution in [0.4, 0.5) is 10.3 Å². The van der Waals surface area contributed by atoms with E-state index in [4.69, 9.17) is 0 Å². The Morgan fingerprint density at radius 3 is 2.69 bits per heavy atom. The second-order valence-electron chi connectivity index (χ2n) is 3.24. The van der Waals surface area contributed by atoms with Gasteiger partial charge in [0.15, 0.2) is 0 Å². The maximum absolute atomic E-state index is 12.6. The summed E-state index contributed by atoms with van der Waals surface area (Å²) in [7, 11) is 0. The van der Waals surface area contributed by atoms with Crippen molar-refractivity contribution in [2.45, 2.75) is 6.54 Å². The van der Waals surface area contributed by atoms with Crippen molar-refractivity contribution in [3.63, 3.8) is 0 Å². The molecule has 0 bridgehead atoms. The summed E-state index contributed by atoms with van der Waals surface area (Å²) in [4.78, 5) is 13.7. The molecule has 16 heavy (non-hydrogen) atoms. The van der Waals surface area contributed by atoms with Gasteiger partial charge in [0.05, 0.1) is 6.54 Å². The van der Waals surface area contributed by atoms with Crippen LogP contribution in [0.3, 0.4) is 0 Å². The summed E-state index contributed by atoms with van der Waals surface area (Å²) in [6.45, 7) is 0.302. The lowest BCUT2D eigenvalue weighted by molar-refractivity contribution is -0.396. The smallest absolute Gasteiger partial charge is 0.390 e. The molecule has 0 aliphatic heterocycles. The molecule has 1 heterocycles. The van der Waals surface area contributed by atoms with Gasteiger partial charge in [0.1, 0.15) is 18.2 Å². The van der Waals surface area contributed by atoms with Crippen LogP contribution in [-0.4, -0.2) is 14.5 Å². The van der Waals surface area contributed by atoms with Gasteiger partial charge in [0, 0.05) is 0 Å². The molecular weight excluding hydrogens is 213 g/mol. The molecule has 2 aromatic rings. The highest BCUT2D eigenvalue weighted by Crippen LogP contribution is 2.11. The molecule has 2 rings (SSSR count). The van der Waals surface area contributed by atoms with Crippen molar-refractivity contribution in [1.82, 2.24) is 9.55 Å². The van der Waals surface area contributed by atoms with Gasteiger partial charge in [-0.2, -0.15) is 0 Å². The lowest BCUT2D eigenvalue weighted by Gasteiger charge is -2.01. The third-order valence-corrected chi connectivity index (χ3v) is 2.12. The zero-order valence-corrected chi connectivity index (χ0v) is 8.21. The van der Waals surface area contributed by atoms with Crippen LogP contribution in [0.1, 0.15) is 5.56 Å². The molecule has 82 valence electrons. The van der Waals surface area contributed by atoms with E-state index < -0.39 is 4.92 Å². The molecule has 0 aliphatic rings. The fourth-order valence-electron chi connectivity index (χ4n) is 1.38. The van der Waals surface area contributed by atoms with Crippen molar-refractivity contribution < 1.29 is 9.31 Å². The van der Waals surface area contributed by atoms with Crippen LogP contribution in [0.2, 0.25) is 0 Å². The first kappa shape index (κ1) is 10.3. The van der Waals surface area contributed by atoms with Crippen molar-refractivity contribution in [3.8, 4) is 0 Å². The quantitative estimate of drug-likeness (QED) is 0.588. The molecule has 0 spiro atoms. The van der Waals surface area contributed by atoms with Gasteiger partial charge in [0.2, 0.25) is 0 Å². The topological polar surface area (TPSA) is 61.0 Å². The number of hydrogen-bond donors (Lipinski definition) is 0. The largest absolute Gasteiger partial charge is 0.434 e. The van der Waals surface area contributed by atoms with Gasteiger partial charge >= 0.3 is 5.95 Å². The SMILES string of the molecule is O=[N+]([O-])c1nccn1Cc1ccc(F)cc1. The summed E-state index contributed by atoms with van der Waals surface area (Å²) in [5.41, 5.74) is 0.780. The Kier molecular flexibility index (Phi) is 2.63. The Bertz CT molecular complexity index is 507. The molecule has 0 aliphatic carbocycles. The van der Waals surface area contributed by atoms with E-state index in [-0.39, 0.29) is 11.8 Å². The molecule has 0 N–H and O–H groups in total. The third kappa shape index (κ3) is 2.05. The average Bonchev–Trinajstić information content (AvgIpc) is 2.69. The van der Waals surface area contributed by atoms with E-state index in [1.807, 2.05) is 0 Å². The molecule has 1 aromatic heterocycles. The summed E-state index contributed by atoms with van der Waals surface area (Å²) in [6, 6.07) is 5.80. The van der Waals surface area contributed by atoms with Crippen LogP contribution < -0.4 is 0 Å². The number of nitro groups is 1. The Labute approximate surface area is 90.3 Å². The molecule has 0 atom stereocenters. The molecule has 5 nitrogen and oxygen atoms in total.